The van der Waals surface area contributed by atoms with Crippen LogP contribution in [-0.2, 0) is 4.79 Å². The van der Waals surface area contributed by atoms with Crippen molar-refractivity contribution >= 4 is 17.3 Å². The molecular formula is C17H23N3O2. The van der Waals surface area contributed by atoms with Gasteiger partial charge in [-0.05, 0) is 31.0 Å². The van der Waals surface area contributed by atoms with Gasteiger partial charge in [0.05, 0.1) is 18.7 Å². The fraction of sp³-hybridized carbons (Fsp3) is 0.588. The summed E-state index contributed by atoms with van der Waals surface area (Å²) in [6, 6.07) is 6.94. The molecular weight excluding hydrogens is 278 g/mol. The monoisotopic (exact) mass is 301 g/mol. The van der Waals surface area contributed by atoms with Crippen molar-refractivity contribution in [1.82, 2.24) is 4.90 Å². The van der Waals surface area contributed by atoms with Gasteiger partial charge in [-0.15, -0.1) is 0 Å². The van der Waals surface area contributed by atoms with E-state index in [0.717, 1.165) is 24.5 Å². The van der Waals surface area contributed by atoms with Crippen LogP contribution < -0.4 is 14.5 Å². The summed E-state index contributed by atoms with van der Waals surface area (Å²) >= 11 is 0. The SMILES string of the molecule is CN1C(=O)CCOc2ccc(N3CCN4CCC3CC4)cc21. The molecule has 3 saturated heterocycles. The van der Waals surface area contributed by atoms with E-state index in [4.69, 9.17) is 4.74 Å². The minimum absolute atomic E-state index is 0.124. The Hall–Kier alpha value is -1.75. The standard InChI is InChI=1S/C17H23N3O2/c1-18-15-12-14(2-3-16(15)22-11-6-17(18)21)20-10-9-19-7-4-13(20)5-8-19/h2-3,12-13H,4-11H2,1H3. The molecule has 5 heteroatoms. The van der Waals surface area contributed by atoms with Crippen LogP contribution in [0.5, 0.6) is 5.75 Å². The Morgan fingerprint density at radius 1 is 1.14 bits per heavy atom. The van der Waals surface area contributed by atoms with Crippen LogP contribution in [0.2, 0.25) is 0 Å². The van der Waals surface area contributed by atoms with Crippen LogP contribution in [0.3, 0.4) is 0 Å². The first kappa shape index (κ1) is 13.9. The number of ether oxygens (including phenoxy) is 1. The minimum Gasteiger partial charge on any atom is -0.491 e. The van der Waals surface area contributed by atoms with Crippen LogP contribution >= 0.6 is 0 Å². The fourth-order valence-electron chi connectivity index (χ4n) is 3.85. The number of nitrogens with zero attached hydrogens (tertiary/aromatic N) is 3. The molecule has 0 unspecified atom stereocenters. The molecule has 0 aliphatic carbocycles. The molecule has 0 radical (unpaired) electrons. The summed E-state index contributed by atoms with van der Waals surface area (Å²) in [5, 5.41) is 0. The smallest absolute Gasteiger partial charge is 0.230 e. The van der Waals surface area contributed by atoms with Gasteiger partial charge in [0.1, 0.15) is 5.75 Å². The van der Waals surface area contributed by atoms with Gasteiger partial charge in [0, 0.05) is 45.0 Å². The second-order valence-electron chi connectivity index (χ2n) is 6.47. The maximum atomic E-state index is 12.1. The maximum absolute atomic E-state index is 12.1. The lowest BCUT2D eigenvalue weighted by Gasteiger charge is -2.33. The van der Waals surface area contributed by atoms with Crippen LogP contribution in [0.25, 0.3) is 0 Å². The molecule has 4 aliphatic rings. The van der Waals surface area contributed by atoms with Crippen LogP contribution in [0.1, 0.15) is 19.3 Å². The molecule has 1 amide bonds. The van der Waals surface area contributed by atoms with Crippen molar-refractivity contribution < 1.29 is 9.53 Å². The lowest BCUT2D eigenvalue weighted by atomic mass is 10.0. The van der Waals surface area contributed by atoms with Crippen LogP contribution in [0, 0.1) is 0 Å². The molecule has 4 aliphatic heterocycles. The second kappa shape index (κ2) is 5.47. The predicted molar refractivity (Wildman–Crippen MR) is 86.8 cm³/mol. The van der Waals surface area contributed by atoms with Crippen molar-refractivity contribution in [3.63, 3.8) is 0 Å². The summed E-state index contributed by atoms with van der Waals surface area (Å²) in [5.41, 5.74) is 2.12. The molecule has 2 bridgehead atoms. The predicted octanol–water partition coefficient (Wildman–Crippen LogP) is 1.72. The maximum Gasteiger partial charge on any atom is 0.230 e. The first-order chi connectivity index (χ1) is 10.7. The number of hydrogen-bond acceptors (Lipinski definition) is 4. The van der Waals surface area contributed by atoms with Crippen molar-refractivity contribution in [1.29, 1.82) is 0 Å². The van der Waals surface area contributed by atoms with Crippen molar-refractivity contribution in [3.8, 4) is 5.75 Å². The minimum atomic E-state index is 0.124. The van der Waals surface area contributed by atoms with E-state index in [1.165, 1.54) is 31.6 Å². The Kier molecular flexibility index (Phi) is 3.45. The van der Waals surface area contributed by atoms with Crippen molar-refractivity contribution in [3.05, 3.63) is 18.2 Å². The highest BCUT2D eigenvalue weighted by Crippen LogP contribution is 2.36. The van der Waals surface area contributed by atoms with Gasteiger partial charge in [-0.1, -0.05) is 0 Å². The number of benzene rings is 1. The highest BCUT2D eigenvalue weighted by atomic mass is 16.5. The van der Waals surface area contributed by atoms with Crippen LogP contribution in [0.4, 0.5) is 11.4 Å². The van der Waals surface area contributed by atoms with Crippen LogP contribution in [-0.4, -0.2) is 56.7 Å². The van der Waals surface area contributed by atoms with E-state index in [1.807, 2.05) is 13.1 Å². The first-order valence-corrected chi connectivity index (χ1v) is 8.25. The molecule has 4 heterocycles. The van der Waals surface area contributed by atoms with E-state index in [2.05, 4.69) is 21.9 Å². The molecule has 3 fully saturated rings. The quantitative estimate of drug-likeness (QED) is 0.791. The summed E-state index contributed by atoms with van der Waals surface area (Å²) in [4.78, 5) is 18.9. The average Bonchev–Trinajstić information content (AvgIpc) is 2.93. The van der Waals surface area contributed by atoms with Crippen molar-refractivity contribution in [2.45, 2.75) is 25.3 Å². The zero-order chi connectivity index (χ0) is 15.1. The zero-order valence-corrected chi connectivity index (χ0v) is 13.1. The average molecular weight is 301 g/mol. The van der Waals surface area contributed by atoms with E-state index in [0.29, 0.717) is 19.1 Å². The highest BCUT2D eigenvalue weighted by molar-refractivity contribution is 5.95. The summed E-state index contributed by atoms with van der Waals surface area (Å²) in [6.45, 7) is 5.11. The molecule has 1 aromatic carbocycles. The molecule has 0 atom stereocenters. The summed E-state index contributed by atoms with van der Waals surface area (Å²) in [7, 11) is 1.85. The third kappa shape index (κ3) is 2.33. The van der Waals surface area contributed by atoms with Crippen molar-refractivity contribution in [2.24, 2.45) is 0 Å². The van der Waals surface area contributed by atoms with Gasteiger partial charge in [-0.2, -0.15) is 0 Å². The summed E-state index contributed by atoms with van der Waals surface area (Å²) < 4.78 is 5.73. The zero-order valence-electron chi connectivity index (χ0n) is 13.1. The number of amides is 1. The number of hydrogen-bond donors (Lipinski definition) is 0. The number of carbonyl (C=O) groups is 1. The van der Waals surface area contributed by atoms with E-state index in [9.17, 15) is 4.79 Å². The number of anilines is 2. The van der Waals surface area contributed by atoms with Gasteiger partial charge in [-0.3, -0.25) is 4.79 Å². The van der Waals surface area contributed by atoms with E-state index in [1.54, 1.807) is 4.90 Å². The third-order valence-corrected chi connectivity index (χ3v) is 5.24. The van der Waals surface area contributed by atoms with E-state index >= 15 is 0 Å². The molecule has 0 aromatic heterocycles. The van der Waals surface area contributed by atoms with Gasteiger partial charge in [-0.25, -0.2) is 0 Å². The van der Waals surface area contributed by atoms with Gasteiger partial charge in [0.15, 0.2) is 0 Å². The molecule has 5 nitrogen and oxygen atoms in total. The Labute approximate surface area is 131 Å². The van der Waals surface area contributed by atoms with Crippen molar-refractivity contribution in [2.75, 3.05) is 49.6 Å². The first-order valence-electron chi connectivity index (χ1n) is 8.25. The third-order valence-electron chi connectivity index (χ3n) is 5.24. The van der Waals surface area contributed by atoms with Gasteiger partial charge in [0.2, 0.25) is 5.91 Å². The Bertz CT molecular complexity index is 581. The molecule has 0 N–H and O–H groups in total. The van der Waals surface area contributed by atoms with Gasteiger partial charge in [0.25, 0.3) is 0 Å². The molecule has 0 saturated carbocycles. The fourth-order valence-corrected chi connectivity index (χ4v) is 3.85. The second-order valence-corrected chi connectivity index (χ2v) is 6.47. The van der Waals surface area contributed by atoms with Gasteiger partial charge < -0.3 is 19.4 Å². The number of carbonyl (C=O) groups excluding carboxylic acids is 1. The molecule has 5 rings (SSSR count). The Morgan fingerprint density at radius 3 is 2.77 bits per heavy atom. The number of rotatable bonds is 1. The van der Waals surface area contributed by atoms with Gasteiger partial charge >= 0.3 is 0 Å². The Morgan fingerprint density at radius 2 is 1.95 bits per heavy atom. The highest BCUT2D eigenvalue weighted by Gasteiger charge is 2.30. The normalized spacial score (nSPS) is 28.0. The Balaban J connectivity index is 1.68. The summed E-state index contributed by atoms with van der Waals surface area (Å²) in [6.07, 6.45) is 2.92. The number of piperidine rings is 1. The molecule has 1 aromatic rings. The topological polar surface area (TPSA) is 36.0 Å². The number of fused-ring (bicyclic) bond motifs is 5. The molecule has 22 heavy (non-hydrogen) atoms. The lowest BCUT2D eigenvalue weighted by molar-refractivity contribution is -0.118. The molecule has 118 valence electrons. The van der Waals surface area contributed by atoms with Crippen LogP contribution in [0.15, 0.2) is 18.2 Å². The van der Waals surface area contributed by atoms with E-state index in [-0.39, 0.29) is 5.91 Å². The summed E-state index contributed by atoms with van der Waals surface area (Å²) in [5.74, 6) is 0.943. The van der Waals surface area contributed by atoms with E-state index < -0.39 is 0 Å². The lowest BCUT2D eigenvalue weighted by Crippen LogP contribution is -2.38. The molecule has 0 spiro atoms. The largest absolute Gasteiger partial charge is 0.491 e.